The molecule has 28 heavy (non-hydrogen) atoms. The number of aromatic nitrogens is 2. The normalized spacial score (nSPS) is 15.8. The highest BCUT2D eigenvalue weighted by molar-refractivity contribution is 5.95. The Labute approximate surface area is 163 Å². The Hall–Kier alpha value is -3.41. The highest BCUT2D eigenvalue weighted by atomic mass is 16.2. The number of nitrogens with zero attached hydrogens (tertiary/aromatic N) is 2. The van der Waals surface area contributed by atoms with Crippen molar-refractivity contribution in [3.63, 3.8) is 0 Å². The first kappa shape index (κ1) is 18.0. The predicted octanol–water partition coefficient (Wildman–Crippen LogP) is 3.55. The van der Waals surface area contributed by atoms with E-state index in [0.29, 0.717) is 12.2 Å². The van der Waals surface area contributed by atoms with Gasteiger partial charge in [0.05, 0.1) is 30.0 Å². The first-order valence-electron chi connectivity index (χ1n) is 9.37. The van der Waals surface area contributed by atoms with Crippen molar-refractivity contribution in [2.75, 3.05) is 11.9 Å². The number of fused-ring (bicyclic) bond motifs is 1. The van der Waals surface area contributed by atoms with Crippen molar-refractivity contribution >= 4 is 17.5 Å². The molecule has 6 nitrogen and oxygen atoms in total. The molecule has 0 saturated carbocycles. The van der Waals surface area contributed by atoms with Gasteiger partial charge < -0.3 is 10.2 Å². The third kappa shape index (κ3) is 3.53. The van der Waals surface area contributed by atoms with Gasteiger partial charge in [-0.15, -0.1) is 0 Å². The maximum absolute atomic E-state index is 12.8. The van der Waals surface area contributed by atoms with Gasteiger partial charge in [-0.3, -0.25) is 14.7 Å². The number of carbonyl (C=O) groups is 2. The Morgan fingerprint density at radius 1 is 1.14 bits per heavy atom. The second-order valence-electron chi connectivity index (χ2n) is 6.95. The van der Waals surface area contributed by atoms with E-state index in [1.165, 1.54) is 5.56 Å². The summed E-state index contributed by atoms with van der Waals surface area (Å²) in [6.45, 7) is 2.19. The van der Waals surface area contributed by atoms with Gasteiger partial charge in [0.25, 0.3) is 0 Å². The summed E-state index contributed by atoms with van der Waals surface area (Å²) in [6, 6.07) is 17.5. The van der Waals surface area contributed by atoms with E-state index in [1.54, 1.807) is 18.0 Å². The number of hydrogen-bond donors (Lipinski definition) is 2. The van der Waals surface area contributed by atoms with Crippen LogP contribution < -0.4 is 5.32 Å². The highest BCUT2D eigenvalue weighted by Gasteiger charge is 2.30. The van der Waals surface area contributed by atoms with Gasteiger partial charge in [0.1, 0.15) is 0 Å². The summed E-state index contributed by atoms with van der Waals surface area (Å²) < 4.78 is 0. The number of nitrogens with one attached hydrogen (secondary N) is 2. The van der Waals surface area contributed by atoms with Crippen molar-refractivity contribution in [1.29, 1.82) is 0 Å². The van der Waals surface area contributed by atoms with E-state index in [2.05, 4.69) is 21.6 Å². The van der Waals surface area contributed by atoms with E-state index < -0.39 is 0 Å². The molecule has 2 amide bonds. The second kappa shape index (κ2) is 7.68. The van der Waals surface area contributed by atoms with Crippen LogP contribution in [0.15, 0.2) is 60.8 Å². The molecule has 0 aliphatic carbocycles. The van der Waals surface area contributed by atoms with Crippen molar-refractivity contribution < 1.29 is 9.59 Å². The van der Waals surface area contributed by atoms with Crippen molar-refractivity contribution in [1.82, 2.24) is 15.1 Å². The van der Waals surface area contributed by atoms with Crippen LogP contribution >= 0.6 is 0 Å². The van der Waals surface area contributed by atoms with Crippen LogP contribution in [0.4, 0.5) is 5.69 Å². The van der Waals surface area contributed by atoms with Gasteiger partial charge in [0, 0.05) is 19.0 Å². The Morgan fingerprint density at radius 2 is 1.89 bits per heavy atom. The summed E-state index contributed by atoms with van der Waals surface area (Å²) in [5, 5.41) is 9.97. The number of hydrogen-bond acceptors (Lipinski definition) is 3. The fraction of sp³-hybridized carbons (Fsp3) is 0.227. The zero-order valence-corrected chi connectivity index (χ0v) is 15.7. The van der Waals surface area contributed by atoms with Crippen LogP contribution in [0.5, 0.6) is 0 Å². The molecule has 2 N–H and O–H groups in total. The van der Waals surface area contributed by atoms with Gasteiger partial charge in [-0.25, -0.2) is 0 Å². The molecule has 3 aromatic rings. The van der Waals surface area contributed by atoms with Gasteiger partial charge in [0.15, 0.2) is 0 Å². The molecule has 1 unspecified atom stereocenters. The summed E-state index contributed by atoms with van der Waals surface area (Å²) in [7, 11) is 0. The first-order valence-corrected chi connectivity index (χ1v) is 9.37. The zero-order valence-electron chi connectivity index (χ0n) is 15.7. The minimum absolute atomic E-state index is 0.0133. The van der Waals surface area contributed by atoms with E-state index in [4.69, 9.17) is 0 Å². The average molecular weight is 374 g/mol. The molecule has 6 heteroatoms. The summed E-state index contributed by atoms with van der Waals surface area (Å²) in [5.74, 6) is -0.160. The summed E-state index contributed by atoms with van der Waals surface area (Å²) in [4.78, 5) is 26.8. The van der Waals surface area contributed by atoms with Crippen LogP contribution in [-0.2, 0) is 16.0 Å². The highest BCUT2D eigenvalue weighted by Crippen LogP contribution is 2.33. The lowest BCUT2D eigenvalue weighted by atomic mass is 9.90. The number of aromatic amines is 1. The number of benzene rings is 2. The number of carbonyl (C=O) groups excluding carboxylic acids is 2. The summed E-state index contributed by atoms with van der Waals surface area (Å²) >= 11 is 0. The molecule has 1 atom stereocenters. The van der Waals surface area contributed by atoms with Gasteiger partial charge in [-0.2, -0.15) is 5.10 Å². The summed E-state index contributed by atoms with van der Waals surface area (Å²) in [5.41, 5.74) is 4.60. The molecule has 0 saturated heterocycles. The van der Waals surface area contributed by atoms with Crippen LogP contribution in [0.2, 0.25) is 0 Å². The Bertz CT molecular complexity index is 997. The largest absolute Gasteiger partial charge is 0.335 e. The lowest BCUT2D eigenvalue weighted by Crippen LogP contribution is -2.40. The van der Waals surface area contributed by atoms with Crippen molar-refractivity contribution in [2.45, 2.75) is 25.8 Å². The minimum Gasteiger partial charge on any atom is -0.335 e. The summed E-state index contributed by atoms with van der Waals surface area (Å²) in [6.07, 6.45) is 2.63. The molecule has 142 valence electrons. The predicted molar refractivity (Wildman–Crippen MR) is 108 cm³/mol. The SMILES string of the molecule is CC(=O)N1CCc2ccccc2C1CC(=O)Nc1cn[nH]c1-c1ccccc1. The van der Waals surface area contributed by atoms with Crippen LogP contribution in [-0.4, -0.2) is 33.5 Å². The molecule has 2 heterocycles. The Balaban J connectivity index is 1.55. The van der Waals surface area contributed by atoms with E-state index >= 15 is 0 Å². The number of H-pyrrole nitrogens is 1. The van der Waals surface area contributed by atoms with Crippen LogP contribution in [0.3, 0.4) is 0 Å². The molecule has 1 aliphatic heterocycles. The van der Waals surface area contributed by atoms with Crippen molar-refractivity contribution in [3.05, 3.63) is 71.9 Å². The topological polar surface area (TPSA) is 78.1 Å². The van der Waals surface area contributed by atoms with Gasteiger partial charge in [-0.1, -0.05) is 54.6 Å². The quantitative estimate of drug-likeness (QED) is 0.733. The van der Waals surface area contributed by atoms with E-state index in [-0.39, 0.29) is 24.3 Å². The molecule has 0 bridgehead atoms. The van der Waals surface area contributed by atoms with Crippen LogP contribution in [0.25, 0.3) is 11.3 Å². The van der Waals surface area contributed by atoms with Crippen LogP contribution in [0.1, 0.15) is 30.5 Å². The van der Waals surface area contributed by atoms with Crippen molar-refractivity contribution in [3.8, 4) is 11.3 Å². The van der Waals surface area contributed by atoms with Crippen LogP contribution in [0, 0.1) is 0 Å². The molecule has 4 rings (SSSR count). The molecule has 0 spiro atoms. The smallest absolute Gasteiger partial charge is 0.226 e. The fourth-order valence-corrected chi connectivity index (χ4v) is 3.83. The van der Waals surface area contributed by atoms with Gasteiger partial charge in [0.2, 0.25) is 11.8 Å². The number of anilines is 1. The number of amides is 2. The third-order valence-corrected chi connectivity index (χ3v) is 5.17. The molecule has 1 aromatic heterocycles. The fourth-order valence-electron chi connectivity index (χ4n) is 3.83. The third-order valence-electron chi connectivity index (χ3n) is 5.17. The molecular weight excluding hydrogens is 352 g/mol. The van der Waals surface area contributed by atoms with Gasteiger partial charge in [-0.05, 0) is 17.5 Å². The lowest BCUT2D eigenvalue weighted by molar-refractivity contribution is -0.132. The van der Waals surface area contributed by atoms with E-state index in [1.807, 2.05) is 48.5 Å². The maximum atomic E-state index is 12.8. The standard InChI is InChI=1S/C22H22N4O2/c1-15(27)26-12-11-16-7-5-6-10-18(16)20(26)13-21(28)24-19-14-23-25-22(19)17-8-3-2-4-9-17/h2-10,14,20H,11-13H2,1H3,(H,23,25)(H,24,28). The second-order valence-corrected chi connectivity index (χ2v) is 6.95. The Morgan fingerprint density at radius 3 is 2.68 bits per heavy atom. The first-order chi connectivity index (χ1) is 13.6. The molecule has 1 aliphatic rings. The average Bonchev–Trinajstić information content (AvgIpc) is 3.16. The van der Waals surface area contributed by atoms with Crippen molar-refractivity contribution in [2.24, 2.45) is 0 Å². The Kier molecular flexibility index (Phi) is 4.93. The molecule has 0 radical (unpaired) electrons. The van der Waals surface area contributed by atoms with Gasteiger partial charge >= 0.3 is 0 Å². The van der Waals surface area contributed by atoms with E-state index in [9.17, 15) is 9.59 Å². The lowest BCUT2D eigenvalue weighted by Gasteiger charge is -2.36. The van der Waals surface area contributed by atoms with E-state index in [0.717, 1.165) is 23.2 Å². The maximum Gasteiger partial charge on any atom is 0.226 e. The zero-order chi connectivity index (χ0) is 19.5. The molecule has 0 fully saturated rings. The number of rotatable bonds is 4. The molecular formula is C22H22N4O2. The molecule has 2 aromatic carbocycles. The monoisotopic (exact) mass is 374 g/mol. The minimum atomic E-state index is -0.255.